The SMILES string of the molecule is C=C(c1cccc2ccccc12)C1COC2(CCC(Nc3cccc(C(F)(F)F)c3)CC2)OO1. The van der Waals surface area contributed by atoms with Crippen molar-refractivity contribution in [1.29, 1.82) is 0 Å². The smallest absolute Gasteiger partial charge is 0.382 e. The third kappa shape index (κ3) is 4.69. The second-order valence-electron chi connectivity index (χ2n) is 8.94. The van der Waals surface area contributed by atoms with Crippen LogP contribution < -0.4 is 5.32 Å². The van der Waals surface area contributed by atoms with E-state index in [1.165, 1.54) is 6.07 Å². The average molecular weight is 470 g/mol. The van der Waals surface area contributed by atoms with Gasteiger partial charge in [0, 0.05) is 24.6 Å². The van der Waals surface area contributed by atoms with Crippen LogP contribution in [0.4, 0.5) is 18.9 Å². The minimum atomic E-state index is -4.36. The summed E-state index contributed by atoms with van der Waals surface area (Å²) in [5.74, 6) is -0.832. The first-order chi connectivity index (χ1) is 16.3. The van der Waals surface area contributed by atoms with Crippen LogP contribution in [0.25, 0.3) is 16.3 Å². The Morgan fingerprint density at radius 3 is 2.44 bits per heavy atom. The second-order valence-corrected chi connectivity index (χ2v) is 8.94. The van der Waals surface area contributed by atoms with E-state index in [0.717, 1.165) is 34.0 Å². The molecule has 1 saturated carbocycles. The van der Waals surface area contributed by atoms with Gasteiger partial charge in [0.2, 0.25) is 5.79 Å². The van der Waals surface area contributed by atoms with Crippen LogP contribution in [-0.2, 0) is 20.7 Å². The van der Waals surface area contributed by atoms with Crippen LogP contribution in [0.2, 0.25) is 0 Å². The van der Waals surface area contributed by atoms with Crippen molar-refractivity contribution in [3.05, 3.63) is 84.4 Å². The molecule has 2 fully saturated rings. The Bertz CT molecular complexity index is 1170. The molecule has 7 heteroatoms. The summed E-state index contributed by atoms with van der Waals surface area (Å²) in [6, 6.07) is 19.5. The molecule has 5 rings (SSSR count). The number of nitrogens with one attached hydrogen (secondary N) is 1. The van der Waals surface area contributed by atoms with Gasteiger partial charge in [0.1, 0.15) is 6.10 Å². The summed E-state index contributed by atoms with van der Waals surface area (Å²) < 4.78 is 45.1. The summed E-state index contributed by atoms with van der Waals surface area (Å²) in [6.45, 7) is 4.57. The van der Waals surface area contributed by atoms with Crippen LogP contribution in [0.3, 0.4) is 0 Å². The van der Waals surface area contributed by atoms with Crippen molar-refractivity contribution in [2.24, 2.45) is 0 Å². The zero-order valence-corrected chi connectivity index (χ0v) is 18.6. The molecule has 1 aliphatic carbocycles. The minimum Gasteiger partial charge on any atom is -0.382 e. The maximum absolute atomic E-state index is 13.0. The van der Waals surface area contributed by atoms with Crippen LogP contribution in [-0.4, -0.2) is 24.5 Å². The minimum absolute atomic E-state index is 0.0321. The highest BCUT2D eigenvalue weighted by atomic mass is 19.4. The predicted molar refractivity (Wildman–Crippen MR) is 125 cm³/mol. The summed E-state index contributed by atoms with van der Waals surface area (Å²) in [4.78, 5) is 11.5. The Hall–Kier alpha value is -2.87. The van der Waals surface area contributed by atoms with Crippen molar-refractivity contribution >= 4 is 22.0 Å². The van der Waals surface area contributed by atoms with Crippen molar-refractivity contribution in [3.8, 4) is 0 Å². The standard InChI is InChI=1S/C27H26F3NO3/c1-18(23-11-4-7-19-6-2-3-10-24(19)23)25-17-32-26(34-33-25)14-12-21(13-15-26)31-22-9-5-8-20(16-22)27(28,29)30/h2-11,16,21,25,31H,1,12-15,17H2. The highest BCUT2D eigenvalue weighted by molar-refractivity contribution is 5.94. The van der Waals surface area contributed by atoms with Crippen LogP contribution in [0, 0.1) is 0 Å². The molecule has 3 aromatic rings. The van der Waals surface area contributed by atoms with Gasteiger partial charge < -0.3 is 10.1 Å². The Labute approximate surface area is 196 Å². The zero-order valence-electron chi connectivity index (χ0n) is 18.6. The van der Waals surface area contributed by atoms with Gasteiger partial charge in [-0.2, -0.15) is 13.2 Å². The van der Waals surface area contributed by atoms with E-state index in [1.54, 1.807) is 6.07 Å². The van der Waals surface area contributed by atoms with Crippen LogP contribution >= 0.6 is 0 Å². The first-order valence-corrected chi connectivity index (χ1v) is 11.4. The van der Waals surface area contributed by atoms with Gasteiger partial charge in [-0.25, -0.2) is 9.78 Å². The van der Waals surface area contributed by atoms with E-state index < -0.39 is 23.6 Å². The number of hydrogen-bond donors (Lipinski definition) is 1. The highest BCUT2D eigenvalue weighted by Crippen LogP contribution is 2.40. The number of alkyl halides is 3. The Balaban J connectivity index is 1.18. The molecule has 0 bridgehead atoms. The molecule has 0 radical (unpaired) electrons. The summed E-state index contributed by atoms with van der Waals surface area (Å²) in [5.41, 5.74) is 1.60. The highest BCUT2D eigenvalue weighted by Gasteiger charge is 2.43. The molecule has 34 heavy (non-hydrogen) atoms. The zero-order chi connectivity index (χ0) is 23.8. The Morgan fingerprint density at radius 1 is 0.971 bits per heavy atom. The normalized spacial score (nSPS) is 25.4. The maximum atomic E-state index is 13.0. The predicted octanol–water partition coefficient (Wildman–Crippen LogP) is 6.97. The van der Waals surface area contributed by atoms with Gasteiger partial charge in [0.05, 0.1) is 12.2 Å². The van der Waals surface area contributed by atoms with Gasteiger partial charge in [-0.05, 0) is 52.9 Å². The van der Waals surface area contributed by atoms with Crippen LogP contribution in [0.5, 0.6) is 0 Å². The summed E-state index contributed by atoms with van der Waals surface area (Å²) >= 11 is 0. The molecule has 1 unspecified atom stereocenters. The molecule has 1 aliphatic heterocycles. The molecule has 1 atom stereocenters. The molecule has 178 valence electrons. The van der Waals surface area contributed by atoms with Crippen molar-refractivity contribution in [2.45, 2.75) is 49.8 Å². The van der Waals surface area contributed by atoms with Gasteiger partial charge in [-0.3, -0.25) is 0 Å². The third-order valence-corrected chi connectivity index (χ3v) is 6.65. The number of halogens is 3. The monoisotopic (exact) mass is 469 g/mol. The molecule has 1 spiro atoms. The van der Waals surface area contributed by atoms with Gasteiger partial charge in [0.15, 0.2) is 0 Å². The number of anilines is 1. The van der Waals surface area contributed by atoms with Gasteiger partial charge in [0.25, 0.3) is 0 Å². The molecular formula is C27H26F3NO3. The lowest BCUT2D eigenvalue weighted by Crippen LogP contribution is -2.49. The molecule has 0 amide bonds. The van der Waals surface area contributed by atoms with Crippen LogP contribution in [0.1, 0.15) is 36.8 Å². The lowest BCUT2D eigenvalue weighted by Gasteiger charge is -2.43. The number of benzene rings is 3. The Kier molecular flexibility index (Phi) is 6.10. The quantitative estimate of drug-likeness (QED) is 0.419. The number of rotatable bonds is 4. The van der Waals surface area contributed by atoms with E-state index in [9.17, 15) is 13.2 Å². The van der Waals surface area contributed by atoms with Crippen LogP contribution in [0.15, 0.2) is 73.3 Å². The molecule has 4 nitrogen and oxygen atoms in total. The number of hydrogen-bond acceptors (Lipinski definition) is 4. The lowest BCUT2D eigenvalue weighted by molar-refractivity contribution is -0.483. The van der Waals surface area contributed by atoms with E-state index >= 15 is 0 Å². The second kappa shape index (κ2) is 9.06. The lowest BCUT2D eigenvalue weighted by atomic mass is 9.89. The van der Waals surface area contributed by atoms with E-state index in [0.29, 0.717) is 38.0 Å². The van der Waals surface area contributed by atoms with Crippen molar-refractivity contribution < 1.29 is 27.7 Å². The largest absolute Gasteiger partial charge is 0.416 e. The summed E-state index contributed by atoms with van der Waals surface area (Å²) in [7, 11) is 0. The maximum Gasteiger partial charge on any atom is 0.416 e. The van der Waals surface area contributed by atoms with E-state index in [-0.39, 0.29) is 6.04 Å². The van der Waals surface area contributed by atoms with E-state index in [1.807, 2.05) is 24.3 Å². The van der Waals surface area contributed by atoms with Gasteiger partial charge >= 0.3 is 6.18 Å². The van der Waals surface area contributed by atoms with E-state index in [4.69, 9.17) is 14.5 Å². The van der Waals surface area contributed by atoms with Crippen molar-refractivity contribution in [3.63, 3.8) is 0 Å². The summed E-state index contributed by atoms with van der Waals surface area (Å²) in [5, 5.41) is 5.44. The van der Waals surface area contributed by atoms with Crippen molar-refractivity contribution in [2.75, 3.05) is 11.9 Å². The first kappa shape index (κ1) is 22.9. The van der Waals surface area contributed by atoms with E-state index in [2.05, 4.69) is 30.1 Å². The molecule has 1 heterocycles. The van der Waals surface area contributed by atoms with Crippen molar-refractivity contribution in [1.82, 2.24) is 0 Å². The molecule has 0 aromatic heterocycles. The fraction of sp³-hybridized carbons (Fsp3) is 0.333. The third-order valence-electron chi connectivity index (χ3n) is 6.65. The molecule has 1 N–H and O–H groups in total. The average Bonchev–Trinajstić information content (AvgIpc) is 2.85. The molecule has 1 saturated heterocycles. The molecular weight excluding hydrogens is 443 g/mol. The Morgan fingerprint density at radius 2 is 1.71 bits per heavy atom. The topological polar surface area (TPSA) is 39.7 Å². The number of ether oxygens (including phenoxy) is 1. The fourth-order valence-electron chi connectivity index (χ4n) is 4.71. The van der Waals surface area contributed by atoms with Gasteiger partial charge in [-0.15, -0.1) is 0 Å². The number of fused-ring (bicyclic) bond motifs is 1. The fourth-order valence-corrected chi connectivity index (χ4v) is 4.71. The molecule has 2 aliphatic rings. The first-order valence-electron chi connectivity index (χ1n) is 11.4. The van der Waals surface area contributed by atoms with Gasteiger partial charge in [-0.1, -0.05) is 55.1 Å². The molecule has 3 aromatic carbocycles. The summed E-state index contributed by atoms with van der Waals surface area (Å²) in [6.07, 6.45) is -2.24.